The molecular formula is C10H16N4O. The van der Waals surface area contributed by atoms with Crippen molar-refractivity contribution in [1.29, 1.82) is 0 Å². The maximum atomic E-state index is 11.8. The molecule has 1 aliphatic rings. The van der Waals surface area contributed by atoms with Gasteiger partial charge < -0.3 is 15.6 Å². The third kappa shape index (κ3) is 2.36. The average molecular weight is 208 g/mol. The lowest BCUT2D eigenvalue weighted by molar-refractivity contribution is -0.125. The second-order valence-corrected chi connectivity index (χ2v) is 4.04. The lowest BCUT2D eigenvalue weighted by Crippen LogP contribution is -2.33. The minimum atomic E-state index is 0.105. The molecule has 0 bridgehead atoms. The molecule has 2 unspecified atom stereocenters. The van der Waals surface area contributed by atoms with Gasteiger partial charge in [0.05, 0.1) is 24.5 Å². The predicted octanol–water partition coefficient (Wildman–Crippen LogP) is -0.119. The highest BCUT2D eigenvalue weighted by molar-refractivity contribution is 5.79. The maximum absolute atomic E-state index is 11.8. The van der Waals surface area contributed by atoms with Crippen LogP contribution < -0.4 is 10.6 Å². The van der Waals surface area contributed by atoms with Gasteiger partial charge in [0.2, 0.25) is 5.91 Å². The molecule has 5 nitrogen and oxygen atoms in total. The standard InChI is InChI=1S/C10H16N4O/c1-7-2-11-5-9(7)10(15)13-4-8-3-12-6-14-8/h3,6-7,9,11H,2,4-5H2,1H3,(H,12,14)(H,13,15). The predicted molar refractivity (Wildman–Crippen MR) is 56.0 cm³/mol. The molecular weight excluding hydrogens is 192 g/mol. The topological polar surface area (TPSA) is 69.8 Å². The number of hydrogen-bond donors (Lipinski definition) is 3. The molecule has 5 heteroatoms. The first kappa shape index (κ1) is 10.2. The molecule has 82 valence electrons. The summed E-state index contributed by atoms with van der Waals surface area (Å²) < 4.78 is 0. The van der Waals surface area contributed by atoms with Crippen molar-refractivity contribution < 1.29 is 4.79 Å². The molecule has 2 heterocycles. The highest BCUT2D eigenvalue weighted by Crippen LogP contribution is 2.15. The first-order valence-electron chi connectivity index (χ1n) is 5.23. The van der Waals surface area contributed by atoms with Crippen molar-refractivity contribution in [2.24, 2.45) is 11.8 Å². The molecule has 0 aromatic carbocycles. The summed E-state index contributed by atoms with van der Waals surface area (Å²) in [5, 5.41) is 6.12. The van der Waals surface area contributed by atoms with Crippen molar-refractivity contribution in [2.45, 2.75) is 13.5 Å². The smallest absolute Gasteiger partial charge is 0.225 e. The molecule has 1 fully saturated rings. The Morgan fingerprint density at radius 2 is 2.53 bits per heavy atom. The summed E-state index contributed by atoms with van der Waals surface area (Å²) in [6.07, 6.45) is 3.33. The molecule has 0 saturated carbocycles. The van der Waals surface area contributed by atoms with Crippen LogP contribution in [0.15, 0.2) is 12.5 Å². The van der Waals surface area contributed by atoms with Crippen LogP contribution in [-0.4, -0.2) is 29.0 Å². The summed E-state index contributed by atoms with van der Waals surface area (Å²) in [7, 11) is 0. The number of H-pyrrole nitrogens is 1. The van der Waals surface area contributed by atoms with E-state index in [1.54, 1.807) is 12.5 Å². The van der Waals surface area contributed by atoms with E-state index in [1.165, 1.54) is 0 Å². The maximum Gasteiger partial charge on any atom is 0.225 e. The Balaban J connectivity index is 1.82. The van der Waals surface area contributed by atoms with Gasteiger partial charge in [0, 0.05) is 12.7 Å². The van der Waals surface area contributed by atoms with Crippen LogP contribution in [0, 0.1) is 11.8 Å². The summed E-state index contributed by atoms with van der Waals surface area (Å²) in [4.78, 5) is 18.6. The van der Waals surface area contributed by atoms with E-state index in [2.05, 4.69) is 27.5 Å². The van der Waals surface area contributed by atoms with Gasteiger partial charge in [-0.15, -0.1) is 0 Å². The number of hydrogen-bond acceptors (Lipinski definition) is 3. The van der Waals surface area contributed by atoms with E-state index in [0.717, 1.165) is 18.8 Å². The van der Waals surface area contributed by atoms with Crippen molar-refractivity contribution in [1.82, 2.24) is 20.6 Å². The second kappa shape index (κ2) is 4.44. The van der Waals surface area contributed by atoms with Crippen LogP contribution in [0.2, 0.25) is 0 Å². The van der Waals surface area contributed by atoms with Gasteiger partial charge in [-0.3, -0.25) is 4.79 Å². The number of carbonyl (C=O) groups is 1. The van der Waals surface area contributed by atoms with Gasteiger partial charge in [-0.25, -0.2) is 4.98 Å². The van der Waals surface area contributed by atoms with E-state index in [0.29, 0.717) is 12.5 Å². The van der Waals surface area contributed by atoms with E-state index >= 15 is 0 Å². The Morgan fingerprint density at radius 1 is 1.67 bits per heavy atom. The zero-order chi connectivity index (χ0) is 10.7. The molecule has 0 radical (unpaired) electrons. The van der Waals surface area contributed by atoms with Crippen LogP contribution >= 0.6 is 0 Å². The number of nitrogens with one attached hydrogen (secondary N) is 3. The van der Waals surface area contributed by atoms with Gasteiger partial charge in [0.15, 0.2) is 0 Å². The van der Waals surface area contributed by atoms with E-state index in [-0.39, 0.29) is 11.8 Å². The zero-order valence-electron chi connectivity index (χ0n) is 8.79. The van der Waals surface area contributed by atoms with Crippen LogP contribution in [0.5, 0.6) is 0 Å². The highest BCUT2D eigenvalue weighted by atomic mass is 16.1. The molecule has 0 spiro atoms. The van der Waals surface area contributed by atoms with Crippen LogP contribution in [0.1, 0.15) is 12.6 Å². The number of nitrogens with zero attached hydrogens (tertiary/aromatic N) is 1. The Hall–Kier alpha value is -1.36. The van der Waals surface area contributed by atoms with Crippen molar-refractivity contribution >= 4 is 5.91 Å². The first-order valence-corrected chi connectivity index (χ1v) is 5.23. The van der Waals surface area contributed by atoms with E-state index < -0.39 is 0 Å². The summed E-state index contributed by atoms with van der Waals surface area (Å²) in [6, 6.07) is 0. The summed E-state index contributed by atoms with van der Waals surface area (Å²) in [5.41, 5.74) is 0.932. The van der Waals surface area contributed by atoms with Gasteiger partial charge in [0.1, 0.15) is 0 Å². The van der Waals surface area contributed by atoms with Gasteiger partial charge in [0.25, 0.3) is 0 Å². The Kier molecular flexibility index (Phi) is 3.01. The van der Waals surface area contributed by atoms with E-state index in [9.17, 15) is 4.79 Å². The summed E-state index contributed by atoms with van der Waals surface area (Å²) in [5.74, 6) is 0.654. The molecule has 15 heavy (non-hydrogen) atoms. The van der Waals surface area contributed by atoms with Crippen LogP contribution in [-0.2, 0) is 11.3 Å². The van der Waals surface area contributed by atoms with E-state index in [4.69, 9.17) is 0 Å². The summed E-state index contributed by atoms with van der Waals surface area (Å²) >= 11 is 0. The molecule has 1 saturated heterocycles. The number of rotatable bonds is 3. The number of carbonyl (C=O) groups excluding carboxylic acids is 1. The minimum Gasteiger partial charge on any atom is -0.350 e. The van der Waals surface area contributed by atoms with Crippen LogP contribution in [0.25, 0.3) is 0 Å². The van der Waals surface area contributed by atoms with Gasteiger partial charge in [-0.05, 0) is 12.5 Å². The normalized spacial score (nSPS) is 25.4. The SMILES string of the molecule is CC1CNCC1C(=O)NCc1cnc[nH]1. The Labute approximate surface area is 88.7 Å². The van der Waals surface area contributed by atoms with Crippen molar-refractivity contribution in [3.05, 3.63) is 18.2 Å². The third-order valence-electron chi connectivity index (χ3n) is 2.86. The highest BCUT2D eigenvalue weighted by Gasteiger charge is 2.29. The molecule has 2 rings (SSSR count). The fourth-order valence-corrected chi connectivity index (χ4v) is 1.86. The van der Waals surface area contributed by atoms with Crippen molar-refractivity contribution in [3.63, 3.8) is 0 Å². The number of amides is 1. The zero-order valence-corrected chi connectivity index (χ0v) is 8.79. The quantitative estimate of drug-likeness (QED) is 0.648. The monoisotopic (exact) mass is 208 g/mol. The fraction of sp³-hybridized carbons (Fsp3) is 0.600. The molecule has 2 atom stereocenters. The largest absolute Gasteiger partial charge is 0.350 e. The Bertz CT molecular complexity index is 322. The number of aromatic amines is 1. The lowest BCUT2D eigenvalue weighted by Gasteiger charge is -2.13. The van der Waals surface area contributed by atoms with Gasteiger partial charge in [-0.2, -0.15) is 0 Å². The van der Waals surface area contributed by atoms with Gasteiger partial charge in [-0.1, -0.05) is 6.92 Å². The molecule has 3 N–H and O–H groups in total. The molecule has 1 aromatic rings. The molecule has 1 aliphatic heterocycles. The molecule has 1 aromatic heterocycles. The summed E-state index contributed by atoms with van der Waals surface area (Å²) in [6.45, 7) is 4.35. The third-order valence-corrected chi connectivity index (χ3v) is 2.86. The van der Waals surface area contributed by atoms with Crippen LogP contribution in [0.4, 0.5) is 0 Å². The number of imidazole rings is 1. The fourth-order valence-electron chi connectivity index (χ4n) is 1.86. The molecule has 0 aliphatic carbocycles. The second-order valence-electron chi connectivity index (χ2n) is 4.04. The van der Waals surface area contributed by atoms with Gasteiger partial charge >= 0.3 is 0 Å². The average Bonchev–Trinajstić information content (AvgIpc) is 2.84. The van der Waals surface area contributed by atoms with Crippen molar-refractivity contribution in [3.8, 4) is 0 Å². The number of aromatic nitrogens is 2. The lowest BCUT2D eigenvalue weighted by atomic mass is 9.97. The van der Waals surface area contributed by atoms with Crippen LogP contribution in [0.3, 0.4) is 0 Å². The first-order chi connectivity index (χ1) is 7.27. The molecule has 1 amide bonds. The van der Waals surface area contributed by atoms with E-state index in [1.807, 2.05) is 0 Å². The Morgan fingerprint density at radius 3 is 3.13 bits per heavy atom. The van der Waals surface area contributed by atoms with Crippen molar-refractivity contribution in [2.75, 3.05) is 13.1 Å². The minimum absolute atomic E-state index is 0.105.